The van der Waals surface area contributed by atoms with Crippen molar-refractivity contribution in [2.75, 3.05) is 0 Å². The van der Waals surface area contributed by atoms with Crippen molar-refractivity contribution in [3.8, 4) is 0 Å². The molecule has 1 atom stereocenters. The van der Waals surface area contributed by atoms with Crippen LogP contribution in [-0.4, -0.2) is 23.1 Å². The van der Waals surface area contributed by atoms with Gasteiger partial charge < -0.3 is 14.1 Å². The zero-order valence-electron chi connectivity index (χ0n) is 21.1. The van der Waals surface area contributed by atoms with E-state index in [1.165, 1.54) is 71.1 Å². The molecule has 4 nitrogen and oxygen atoms in total. The van der Waals surface area contributed by atoms with Gasteiger partial charge in [0.1, 0.15) is 0 Å². The molecule has 0 saturated carbocycles. The topological polar surface area (TPSA) is 63.6 Å². The minimum atomic E-state index is -1.09. The Morgan fingerprint density at radius 2 is 1.12 bits per heavy atom. The van der Waals surface area contributed by atoms with E-state index in [1.54, 1.807) is 0 Å². The molecule has 0 aromatic carbocycles. The van der Waals surface area contributed by atoms with Crippen LogP contribution in [0.1, 0.15) is 108 Å². The van der Waals surface area contributed by atoms with E-state index in [0.29, 0.717) is 6.42 Å². The molecule has 0 aliphatic rings. The molecule has 1 unspecified atom stereocenters. The minimum Gasteiger partial charge on any atom is -1.00 e. The number of hydrogen-bond donors (Lipinski definition) is 1. The van der Waals surface area contributed by atoms with Crippen LogP contribution in [0.3, 0.4) is 0 Å². The van der Waals surface area contributed by atoms with Crippen molar-refractivity contribution in [2.45, 2.75) is 110 Å². The number of rotatable bonds is 16. The second kappa shape index (κ2) is 26.9. The first-order chi connectivity index (χ1) is 11.1. The molecule has 0 aromatic heterocycles. The van der Waals surface area contributed by atoms with Gasteiger partial charge in [0.15, 0.2) is 6.10 Å². The fourth-order valence-electron chi connectivity index (χ4n) is 2.59. The normalized spacial score (nSPS) is 10.7. The van der Waals surface area contributed by atoms with Gasteiger partial charge >= 0.3 is 101 Å². The Morgan fingerprint density at radius 1 is 0.769 bits per heavy atom. The Bertz CT molecular complexity index is 329. The first kappa shape index (κ1) is 35.4. The fraction of sp³-hybridized carbons (Fsp3) is 0.895. The fourth-order valence-corrected chi connectivity index (χ4v) is 2.59. The summed E-state index contributed by atoms with van der Waals surface area (Å²) in [5, 5.41) is 8.64. The zero-order valence-corrected chi connectivity index (χ0v) is 24.1. The summed E-state index contributed by atoms with van der Waals surface area (Å²) in [6, 6.07) is 0. The summed E-state index contributed by atoms with van der Waals surface area (Å²) < 4.78 is 4.78. The number of hydrogen-bond acceptors (Lipinski definition) is 3. The number of carboxylic acids is 1. The van der Waals surface area contributed by atoms with Crippen LogP contribution in [0, 0.1) is 0 Å². The van der Waals surface area contributed by atoms with E-state index in [-0.39, 0.29) is 93.0 Å². The van der Waals surface area contributed by atoms with Crippen molar-refractivity contribution in [3.63, 3.8) is 0 Å². The summed E-state index contributed by atoms with van der Waals surface area (Å²) in [6.45, 7) is 3.63. The smallest absolute Gasteiger partial charge is 1.00 e. The van der Waals surface area contributed by atoms with E-state index in [0.717, 1.165) is 19.3 Å². The third-order valence-corrected chi connectivity index (χ3v) is 4.14. The zero-order chi connectivity index (χ0) is 17.3. The summed E-state index contributed by atoms with van der Waals surface area (Å²) in [4.78, 5) is 21.9. The predicted octanol–water partition coefficient (Wildman–Crippen LogP) is -3.17. The van der Waals surface area contributed by atoms with Crippen molar-refractivity contribution in [1.29, 1.82) is 0 Å². The van der Waals surface area contributed by atoms with Crippen LogP contribution in [-0.2, 0) is 14.3 Å². The minimum absolute atomic E-state index is 0. The van der Waals surface area contributed by atoms with Gasteiger partial charge in [0, 0.05) is 6.42 Å². The second-order valence-electron chi connectivity index (χ2n) is 6.46. The molecule has 0 saturated heterocycles. The standard InChI is InChI=1S/C19H36O4.3Na.3H/c1-3-4-5-6-7-8-9-10-11-12-13-14-15-16-18(20)23-17(2)19(21)22;;;;;;/h17H,3-16H2,1-2H3,(H,21,22);;;;;;/q;3*+1;3*-1. The van der Waals surface area contributed by atoms with Crippen LogP contribution in [0.25, 0.3) is 0 Å². The van der Waals surface area contributed by atoms with E-state index in [2.05, 4.69) is 6.92 Å². The van der Waals surface area contributed by atoms with E-state index in [1.807, 2.05) is 0 Å². The van der Waals surface area contributed by atoms with Crippen molar-refractivity contribution in [1.82, 2.24) is 0 Å². The summed E-state index contributed by atoms with van der Waals surface area (Å²) in [7, 11) is 0. The molecule has 26 heavy (non-hydrogen) atoms. The van der Waals surface area contributed by atoms with Crippen LogP contribution >= 0.6 is 0 Å². The summed E-state index contributed by atoms with van der Waals surface area (Å²) >= 11 is 0. The maximum absolute atomic E-state index is 11.4. The number of ether oxygens (including phenoxy) is 1. The van der Waals surface area contributed by atoms with E-state index in [9.17, 15) is 9.59 Å². The first-order valence-corrected chi connectivity index (χ1v) is 9.50. The SMILES string of the molecule is CCCCCCCCCCCCCCCC(=O)OC(C)C(=O)O.[H-].[H-].[H-].[Na+].[Na+].[Na+]. The predicted molar refractivity (Wildman–Crippen MR) is 96.8 cm³/mol. The van der Waals surface area contributed by atoms with Crippen LogP contribution in [0.15, 0.2) is 0 Å². The molecule has 0 heterocycles. The number of unbranched alkanes of at least 4 members (excludes halogenated alkanes) is 12. The molecule has 0 radical (unpaired) electrons. The summed E-state index contributed by atoms with van der Waals surface area (Å²) in [6.07, 6.45) is 15.7. The molecular weight excluding hydrogens is 361 g/mol. The van der Waals surface area contributed by atoms with Crippen LogP contribution in [0.4, 0.5) is 0 Å². The third-order valence-electron chi connectivity index (χ3n) is 4.14. The van der Waals surface area contributed by atoms with Crippen molar-refractivity contribution in [2.24, 2.45) is 0 Å². The Hall–Kier alpha value is 1.94. The molecule has 0 amide bonds. The van der Waals surface area contributed by atoms with E-state index < -0.39 is 18.0 Å². The Kier molecular flexibility index (Phi) is 36.7. The third kappa shape index (κ3) is 25.9. The Balaban J connectivity index is -0.000000161. The van der Waals surface area contributed by atoms with Gasteiger partial charge in [-0.2, -0.15) is 0 Å². The molecule has 0 aromatic rings. The van der Waals surface area contributed by atoms with E-state index >= 15 is 0 Å². The van der Waals surface area contributed by atoms with Gasteiger partial charge in [-0.25, -0.2) is 4.79 Å². The maximum Gasteiger partial charge on any atom is 1.00 e. The summed E-state index contributed by atoms with van der Waals surface area (Å²) in [5.74, 6) is -1.49. The molecule has 0 aliphatic carbocycles. The molecule has 7 heteroatoms. The van der Waals surface area contributed by atoms with Crippen molar-refractivity contribution < 1.29 is 112 Å². The average molecular weight is 400 g/mol. The monoisotopic (exact) mass is 400 g/mol. The van der Waals surface area contributed by atoms with Gasteiger partial charge in [-0.05, 0) is 13.3 Å². The number of aliphatic carboxylic acids is 1. The maximum atomic E-state index is 11.4. The van der Waals surface area contributed by atoms with E-state index in [4.69, 9.17) is 9.84 Å². The van der Waals surface area contributed by atoms with Gasteiger partial charge in [-0.1, -0.05) is 84.0 Å². The number of carbonyl (C=O) groups is 2. The Morgan fingerprint density at radius 3 is 1.46 bits per heavy atom. The van der Waals surface area contributed by atoms with Crippen LogP contribution in [0.2, 0.25) is 0 Å². The first-order valence-electron chi connectivity index (χ1n) is 9.50. The van der Waals surface area contributed by atoms with Gasteiger partial charge in [-0.3, -0.25) is 4.79 Å². The molecule has 0 fully saturated rings. The molecular formula is C19H39Na3O4. The van der Waals surface area contributed by atoms with Gasteiger partial charge in [0.05, 0.1) is 0 Å². The quantitative estimate of drug-likeness (QED) is 0.169. The molecule has 0 bridgehead atoms. The molecule has 0 aliphatic heterocycles. The van der Waals surface area contributed by atoms with Crippen molar-refractivity contribution in [3.05, 3.63) is 0 Å². The average Bonchev–Trinajstić information content (AvgIpc) is 2.51. The molecule has 142 valence electrons. The van der Waals surface area contributed by atoms with Gasteiger partial charge in [-0.15, -0.1) is 0 Å². The number of esters is 1. The van der Waals surface area contributed by atoms with Crippen molar-refractivity contribution >= 4 is 11.9 Å². The number of carboxylic acid groups (broad SMARTS) is 1. The summed E-state index contributed by atoms with van der Waals surface area (Å²) in [5.41, 5.74) is 0. The van der Waals surface area contributed by atoms with Gasteiger partial charge in [0.2, 0.25) is 0 Å². The van der Waals surface area contributed by atoms with Crippen LogP contribution < -0.4 is 88.7 Å². The Labute approximate surface area is 231 Å². The second-order valence-corrected chi connectivity index (χ2v) is 6.46. The molecule has 0 rings (SSSR count). The molecule has 0 spiro atoms. The largest absolute Gasteiger partial charge is 1.00 e. The van der Waals surface area contributed by atoms with Gasteiger partial charge in [0.25, 0.3) is 0 Å². The van der Waals surface area contributed by atoms with Crippen LogP contribution in [0.5, 0.6) is 0 Å². The molecule has 1 N–H and O–H groups in total. The number of carbonyl (C=O) groups excluding carboxylic acids is 1.